The molecule has 0 aromatic heterocycles. The van der Waals surface area contributed by atoms with Crippen molar-refractivity contribution in [1.82, 2.24) is 0 Å². The fourth-order valence-electron chi connectivity index (χ4n) is 3.69. The molecule has 134 valence electrons. The molecule has 1 aliphatic rings. The number of ether oxygens (including phenoxy) is 1. The minimum atomic E-state index is 0.806. The average molecular weight is 329 g/mol. The molecule has 1 aromatic rings. The normalized spacial score (nSPS) is 21.2. The van der Waals surface area contributed by atoms with Crippen molar-refractivity contribution in [2.45, 2.75) is 78.1 Å². The van der Waals surface area contributed by atoms with E-state index in [2.05, 4.69) is 50.3 Å². The molecular weight excluding hydrogens is 292 g/mol. The molecule has 1 saturated carbocycles. The van der Waals surface area contributed by atoms with Crippen LogP contribution in [0.25, 0.3) is 0 Å². The lowest BCUT2D eigenvalue weighted by molar-refractivity contribution is 0.289. The Balaban J connectivity index is 1.65. The number of hydrogen-bond acceptors (Lipinski definition) is 1. The third-order valence-electron chi connectivity index (χ3n) is 5.27. The molecule has 24 heavy (non-hydrogen) atoms. The Morgan fingerprint density at radius 2 is 1.71 bits per heavy atom. The van der Waals surface area contributed by atoms with Crippen molar-refractivity contribution in [2.24, 2.45) is 11.8 Å². The molecule has 0 aliphatic heterocycles. The van der Waals surface area contributed by atoms with Crippen LogP contribution in [-0.4, -0.2) is 6.61 Å². The van der Waals surface area contributed by atoms with Crippen molar-refractivity contribution in [3.63, 3.8) is 0 Å². The van der Waals surface area contributed by atoms with Crippen LogP contribution in [0.2, 0.25) is 0 Å². The van der Waals surface area contributed by atoms with E-state index >= 15 is 0 Å². The summed E-state index contributed by atoms with van der Waals surface area (Å²) in [6.45, 7) is 5.24. The molecule has 0 radical (unpaired) electrons. The predicted molar refractivity (Wildman–Crippen MR) is 105 cm³/mol. The number of unbranched alkanes of at least 4 members (excludes halogenated alkanes) is 2. The Labute approximate surface area is 149 Å². The maximum Gasteiger partial charge on any atom is 0.119 e. The summed E-state index contributed by atoms with van der Waals surface area (Å²) < 4.78 is 5.64. The van der Waals surface area contributed by atoms with Crippen molar-refractivity contribution in [2.75, 3.05) is 6.61 Å². The Hall–Kier alpha value is -1.24. The Morgan fingerprint density at radius 1 is 0.958 bits per heavy atom. The van der Waals surface area contributed by atoms with Gasteiger partial charge in [-0.1, -0.05) is 63.8 Å². The molecule has 0 saturated heterocycles. The topological polar surface area (TPSA) is 9.23 Å². The van der Waals surface area contributed by atoms with Gasteiger partial charge >= 0.3 is 0 Å². The lowest BCUT2D eigenvalue weighted by Gasteiger charge is -2.26. The summed E-state index contributed by atoms with van der Waals surface area (Å²) in [5.74, 6) is 2.82. The molecule has 1 nitrogen and oxygen atoms in total. The SMILES string of the molecule is CCCCCC1CCC(/C=C/Cc2ccc(OCCC)cc2)CC1. The molecule has 1 aliphatic carbocycles. The fraction of sp³-hybridized carbons (Fsp3) is 0.652. The van der Waals surface area contributed by atoms with Crippen LogP contribution in [0.4, 0.5) is 0 Å². The monoisotopic (exact) mass is 328 g/mol. The third-order valence-corrected chi connectivity index (χ3v) is 5.27. The fourth-order valence-corrected chi connectivity index (χ4v) is 3.69. The Morgan fingerprint density at radius 3 is 2.38 bits per heavy atom. The second kappa shape index (κ2) is 11.3. The van der Waals surface area contributed by atoms with Gasteiger partial charge in [-0.15, -0.1) is 0 Å². The first-order valence-electron chi connectivity index (χ1n) is 10.2. The van der Waals surface area contributed by atoms with E-state index in [9.17, 15) is 0 Å². The van der Waals surface area contributed by atoms with Gasteiger partial charge in [-0.2, -0.15) is 0 Å². The summed E-state index contributed by atoms with van der Waals surface area (Å²) in [5.41, 5.74) is 1.38. The van der Waals surface area contributed by atoms with Gasteiger partial charge in [0.2, 0.25) is 0 Å². The van der Waals surface area contributed by atoms with Gasteiger partial charge < -0.3 is 4.74 Å². The van der Waals surface area contributed by atoms with E-state index in [4.69, 9.17) is 4.74 Å². The minimum absolute atomic E-state index is 0.806. The number of rotatable bonds is 10. The molecule has 2 rings (SSSR count). The highest BCUT2D eigenvalue weighted by Crippen LogP contribution is 2.32. The van der Waals surface area contributed by atoms with E-state index in [1.165, 1.54) is 56.9 Å². The molecule has 0 amide bonds. The highest BCUT2D eigenvalue weighted by atomic mass is 16.5. The van der Waals surface area contributed by atoms with Crippen LogP contribution in [0.3, 0.4) is 0 Å². The van der Waals surface area contributed by atoms with Gasteiger partial charge in [-0.25, -0.2) is 0 Å². The average Bonchev–Trinajstić information content (AvgIpc) is 2.62. The lowest BCUT2D eigenvalue weighted by Crippen LogP contribution is -2.13. The van der Waals surface area contributed by atoms with Gasteiger partial charge in [0.1, 0.15) is 5.75 Å². The molecule has 0 heterocycles. The highest BCUT2D eigenvalue weighted by molar-refractivity contribution is 5.28. The molecule has 0 N–H and O–H groups in total. The Kier molecular flexibility index (Phi) is 9.02. The second-order valence-electron chi connectivity index (χ2n) is 7.40. The van der Waals surface area contributed by atoms with Crippen LogP contribution in [0.15, 0.2) is 36.4 Å². The zero-order valence-electron chi connectivity index (χ0n) is 15.8. The van der Waals surface area contributed by atoms with Crippen LogP contribution in [0.5, 0.6) is 5.75 Å². The summed E-state index contributed by atoms with van der Waals surface area (Å²) in [7, 11) is 0. The standard InChI is InChI=1S/C23H36O/c1-3-5-6-8-20-11-13-21(14-12-20)9-7-10-22-15-17-23(18-16-22)24-19-4-2/h7,9,15-18,20-21H,3-6,8,10-14,19H2,1-2H3/b9-7+. The summed E-state index contributed by atoms with van der Waals surface area (Å²) in [4.78, 5) is 0. The summed E-state index contributed by atoms with van der Waals surface area (Å²) >= 11 is 0. The first-order valence-corrected chi connectivity index (χ1v) is 10.2. The van der Waals surface area contributed by atoms with Gasteiger partial charge in [0.25, 0.3) is 0 Å². The van der Waals surface area contributed by atoms with Crippen molar-refractivity contribution >= 4 is 0 Å². The van der Waals surface area contributed by atoms with Gasteiger partial charge in [0, 0.05) is 0 Å². The maximum atomic E-state index is 5.64. The van der Waals surface area contributed by atoms with Crippen molar-refractivity contribution in [3.8, 4) is 5.75 Å². The smallest absolute Gasteiger partial charge is 0.119 e. The Bertz CT molecular complexity index is 451. The van der Waals surface area contributed by atoms with E-state index in [1.807, 2.05) is 0 Å². The van der Waals surface area contributed by atoms with Crippen LogP contribution >= 0.6 is 0 Å². The van der Waals surface area contributed by atoms with Gasteiger partial charge in [-0.3, -0.25) is 0 Å². The third kappa shape index (κ3) is 7.11. The molecule has 1 heteroatoms. The largest absolute Gasteiger partial charge is 0.494 e. The van der Waals surface area contributed by atoms with Crippen molar-refractivity contribution < 1.29 is 4.74 Å². The minimum Gasteiger partial charge on any atom is -0.494 e. The van der Waals surface area contributed by atoms with Crippen LogP contribution in [0.1, 0.15) is 77.2 Å². The van der Waals surface area contributed by atoms with Crippen molar-refractivity contribution in [1.29, 1.82) is 0 Å². The summed E-state index contributed by atoms with van der Waals surface area (Å²) in [6, 6.07) is 8.58. The maximum absolute atomic E-state index is 5.64. The lowest BCUT2D eigenvalue weighted by atomic mass is 9.79. The number of allylic oxidation sites excluding steroid dienone is 2. The quantitative estimate of drug-likeness (QED) is 0.333. The van der Waals surface area contributed by atoms with Gasteiger partial charge in [0.15, 0.2) is 0 Å². The molecule has 0 unspecified atom stereocenters. The van der Waals surface area contributed by atoms with Gasteiger partial charge in [0.05, 0.1) is 6.61 Å². The highest BCUT2D eigenvalue weighted by Gasteiger charge is 2.18. The van der Waals surface area contributed by atoms with E-state index in [0.29, 0.717) is 0 Å². The molecule has 0 atom stereocenters. The molecule has 0 spiro atoms. The van der Waals surface area contributed by atoms with E-state index < -0.39 is 0 Å². The zero-order chi connectivity index (χ0) is 17.0. The summed E-state index contributed by atoms with van der Waals surface area (Å²) in [6.07, 6.45) is 18.3. The molecule has 1 fully saturated rings. The predicted octanol–water partition coefficient (Wildman–Crippen LogP) is 6.96. The first kappa shape index (κ1) is 19.1. The second-order valence-corrected chi connectivity index (χ2v) is 7.40. The molecule has 0 bridgehead atoms. The van der Waals surface area contributed by atoms with Crippen molar-refractivity contribution in [3.05, 3.63) is 42.0 Å². The number of hydrogen-bond donors (Lipinski definition) is 0. The summed E-state index contributed by atoms with van der Waals surface area (Å²) in [5, 5.41) is 0. The first-order chi connectivity index (χ1) is 11.8. The number of benzene rings is 1. The van der Waals surface area contributed by atoms with E-state index in [1.54, 1.807) is 0 Å². The van der Waals surface area contributed by atoms with E-state index in [-0.39, 0.29) is 0 Å². The zero-order valence-corrected chi connectivity index (χ0v) is 15.8. The molecular formula is C23H36O. The van der Waals surface area contributed by atoms with Crippen LogP contribution in [0, 0.1) is 11.8 Å². The van der Waals surface area contributed by atoms with Crippen LogP contribution in [-0.2, 0) is 6.42 Å². The van der Waals surface area contributed by atoms with Crippen LogP contribution < -0.4 is 4.74 Å². The van der Waals surface area contributed by atoms with Gasteiger partial charge in [-0.05, 0) is 68.1 Å². The molecule has 1 aromatic carbocycles. The van der Waals surface area contributed by atoms with E-state index in [0.717, 1.165) is 37.0 Å².